The van der Waals surface area contributed by atoms with E-state index in [1.807, 2.05) is 17.8 Å². The first-order valence-corrected chi connectivity index (χ1v) is 9.31. The van der Waals surface area contributed by atoms with Gasteiger partial charge in [-0.25, -0.2) is 4.79 Å². The number of carboxylic acids is 1. The van der Waals surface area contributed by atoms with Crippen molar-refractivity contribution in [1.29, 1.82) is 0 Å². The van der Waals surface area contributed by atoms with Gasteiger partial charge in [-0.2, -0.15) is 11.8 Å². The molecule has 0 atom stereocenters. The summed E-state index contributed by atoms with van der Waals surface area (Å²) < 4.78 is 0. The van der Waals surface area contributed by atoms with Gasteiger partial charge in [0.15, 0.2) is 0 Å². The van der Waals surface area contributed by atoms with E-state index in [1.165, 1.54) is 17.1 Å². The number of aromatic carboxylic acids is 1. The van der Waals surface area contributed by atoms with Gasteiger partial charge in [0.2, 0.25) is 0 Å². The number of carboxylic acid groups (broad SMARTS) is 1. The van der Waals surface area contributed by atoms with Gasteiger partial charge in [0.05, 0.1) is 5.56 Å². The van der Waals surface area contributed by atoms with Crippen LogP contribution in [0.2, 0.25) is 0 Å². The topological polar surface area (TPSA) is 52.6 Å². The van der Waals surface area contributed by atoms with E-state index in [-0.39, 0.29) is 0 Å². The first-order chi connectivity index (χ1) is 11.7. The summed E-state index contributed by atoms with van der Waals surface area (Å²) in [6.07, 6.45) is 0. The molecular weight excluding hydrogens is 320 g/mol. The predicted molar refractivity (Wildman–Crippen MR) is 99.8 cm³/mol. The molecule has 0 aliphatic carbocycles. The minimum atomic E-state index is -0.890. The lowest BCUT2D eigenvalue weighted by molar-refractivity contribution is 0.0697. The lowest BCUT2D eigenvalue weighted by Gasteiger charge is -2.26. The van der Waals surface area contributed by atoms with Gasteiger partial charge in [0.25, 0.3) is 0 Å². The van der Waals surface area contributed by atoms with Gasteiger partial charge in [-0.1, -0.05) is 24.3 Å². The van der Waals surface area contributed by atoms with Crippen molar-refractivity contribution in [3.8, 4) is 0 Å². The number of anilines is 1. The molecule has 4 nitrogen and oxygen atoms in total. The van der Waals surface area contributed by atoms with E-state index in [4.69, 9.17) is 5.11 Å². The van der Waals surface area contributed by atoms with Gasteiger partial charge in [0.1, 0.15) is 0 Å². The summed E-state index contributed by atoms with van der Waals surface area (Å²) in [7, 11) is 0. The number of nitrogens with zero attached hydrogens (tertiary/aromatic N) is 1. The molecule has 0 aromatic heterocycles. The number of nitrogens with one attached hydrogen (secondary N) is 1. The number of hydrogen-bond donors (Lipinski definition) is 2. The van der Waals surface area contributed by atoms with E-state index in [0.29, 0.717) is 12.1 Å². The quantitative estimate of drug-likeness (QED) is 0.841. The first kappa shape index (κ1) is 16.9. The van der Waals surface area contributed by atoms with Crippen molar-refractivity contribution in [3.05, 3.63) is 65.2 Å². The molecule has 1 aliphatic rings. The molecule has 1 aliphatic heterocycles. The highest BCUT2D eigenvalue weighted by atomic mass is 32.2. The average Bonchev–Trinajstić information content (AvgIpc) is 2.61. The molecular formula is C19H22N2O2S. The van der Waals surface area contributed by atoms with Crippen LogP contribution in [-0.2, 0) is 13.1 Å². The maximum Gasteiger partial charge on any atom is 0.335 e. The third-order valence-corrected chi connectivity index (χ3v) is 5.05. The van der Waals surface area contributed by atoms with Crippen molar-refractivity contribution in [1.82, 2.24) is 4.90 Å². The monoisotopic (exact) mass is 342 g/mol. The molecule has 1 heterocycles. The van der Waals surface area contributed by atoms with Crippen LogP contribution in [0, 0.1) is 0 Å². The van der Waals surface area contributed by atoms with Crippen LogP contribution in [0.5, 0.6) is 0 Å². The van der Waals surface area contributed by atoms with E-state index in [2.05, 4.69) is 34.5 Å². The molecule has 0 radical (unpaired) electrons. The summed E-state index contributed by atoms with van der Waals surface area (Å²) in [5, 5.41) is 12.4. The minimum Gasteiger partial charge on any atom is -0.478 e. The molecule has 126 valence electrons. The second-order valence-electron chi connectivity index (χ2n) is 5.95. The Labute approximate surface area is 146 Å². The second kappa shape index (κ2) is 8.22. The van der Waals surface area contributed by atoms with Crippen molar-refractivity contribution < 1.29 is 9.90 Å². The van der Waals surface area contributed by atoms with Gasteiger partial charge >= 0.3 is 5.97 Å². The highest BCUT2D eigenvalue weighted by Gasteiger charge is 2.10. The van der Waals surface area contributed by atoms with Crippen LogP contribution < -0.4 is 5.32 Å². The van der Waals surface area contributed by atoms with Gasteiger partial charge < -0.3 is 10.4 Å². The lowest BCUT2D eigenvalue weighted by atomic mass is 10.1. The largest absolute Gasteiger partial charge is 0.478 e. The maximum absolute atomic E-state index is 11.0. The molecule has 0 bridgehead atoms. The zero-order valence-electron chi connectivity index (χ0n) is 13.6. The predicted octanol–water partition coefficient (Wildman–Crippen LogP) is 3.55. The van der Waals surface area contributed by atoms with Gasteiger partial charge in [-0.15, -0.1) is 0 Å². The molecule has 0 unspecified atom stereocenters. The Morgan fingerprint density at radius 1 is 1.08 bits per heavy atom. The van der Waals surface area contributed by atoms with E-state index in [9.17, 15) is 4.79 Å². The molecule has 0 saturated carbocycles. The fourth-order valence-corrected chi connectivity index (χ4v) is 3.79. The summed E-state index contributed by atoms with van der Waals surface area (Å²) in [6.45, 7) is 3.92. The zero-order chi connectivity index (χ0) is 16.8. The summed E-state index contributed by atoms with van der Waals surface area (Å²) in [5.74, 6) is 1.55. The fraction of sp³-hybridized carbons (Fsp3) is 0.316. The Morgan fingerprint density at radius 2 is 1.83 bits per heavy atom. The molecule has 3 rings (SSSR count). The summed E-state index contributed by atoms with van der Waals surface area (Å²) in [4.78, 5) is 13.5. The molecule has 0 amide bonds. The standard InChI is InChI=1S/C19H22N2O2S/c22-19(23)17-5-1-3-15(11-17)13-20-18-6-2-4-16(12-18)14-21-7-9-24-10-8-21/h1-6,11-12,20H,7-10,13-14H2,(H,22,23). The van der Waals surface area contributed by atoms with Gasteiger partial charge in [-0.05, 0) is 35.4 Å². The SMILES string of the molecule is O=C(O)c1cccc(CNc2cccc(CN3CCSCC3)c2)c1. The average molecular weight is 342 g/mol. The first-order valence-electron chi connectivity index (χ1n) is 8.16. The Kier molecular flexibility index (Phi) is 5.77. The van der Waals surface area contributed by atoms with E-state index in [1.54, 1.807) is 18.2 Å². The number of hydrogen-bond acceptors (Lipinski definition) is 4. The van der Waals surface area contributed by atoms with Crippen molar-refractivity contribution in [2.24, 2.45) is 0 Å². The van der Waals surface area contributed by atoms with Crippen LogP contribution in [0.4, 0.5) is 5.69 Å². The van der Waals surface area contributed by atoms with Crippen LogP contribution in [0.3, 0.4) is 0 Å². The number of benzene rings is 2. The zero-order valence-corrected chi connectivity index (χ0v) is 14.4. The molecule has 1 fully saturated rings. The third-order valence-electron chi connectivity index (χ3n) is 4.11. The second-order valence-corrected chi connectivity index (χ2v) is 7.17. The van der Waals surface area contributed by atoms with Crippen molar-refractivity contribution >= 4 is 23.4 Å². The van der Waals surface area contributed by atoms with E-state index >= 15 is 0 Å². The Bertz CT molecular complexity index is 699. The number of rotatable bonds is 6. The Hall–Kier alpha value is -1.98. The van der Waals surface area contributed by atoms with Crippen LogP contribution in [-0.4, -0.2) is 40.6 Å². The number of thioether (sulfide) groups is 1. The van der Waals surface area contributed by atoms with Crippen LogP contribution >= 0.6 is 11.8 Å². The summed E-state index contributed by atoms with van der Waals surface area (Å²) in [6, 6.07) is 15.5. The normalized spacial score (nSPS) is 15.2. The van der Waals surface area contributed by atoms with E-state index in [0.717, 1.165) is 30.9 Å². The van der Waals surface area contributed by atoms with Crippen molar-refractivity contribution in [2.75, 3.05) is 29.9 Å². The summed E-state index contributed by atoms with van der Waals surface area (Å²) >= 11 is 2.03. The minimum absolute atomic E-state index is 0.325. The molecule has 2 aromatic rings. The van der Waals surface area contributed by atoms with Crippen molar-refractivity contribution in [3.63, 3.8) is 0 Å². The Morgan fingerprint density at radius 3 is 2.62 bits per heavy atom. The highest BCUT2D eigenvalue weighted by Crippen LogP contribution is 2.17. The summed E-state index contributed by atoms with van der Waals surface area (Å²) in [5.41, 5.74) is 3.67. The Balaban J connectivity index is 1.60. The molecule has 2 aromatic carbocycles. The van der Waals surface area contributed by atoms with Gasteiger partial charge in [-0.3, -0.25) is 4.90 Å². The number of carbonyl (C=O) groups is 1. The van der Waals surface area contributed by atoms with E-state index < -0.39 is 5.97 Å². The van der Waals surface area contributed by atoms with Crippen LogP contribution in [0.1, 0.15) is 21.5 Å². The molecule has 1 saturated heterocycles. The van der Waals surface area contributed by atoms with Crippen LogP contribution in [0.25, 0.3) is 0 Å². The maximum atomic E-state index is 11.0. The molecule has 0 spiro atoms. The molecule has 2 N–H and O–H groups in total. The third kappa shape index (κ3) is 4.76. The van der Waals surface area contributed by atoms with Crippen molar-refractivity contribution in [2.45, 2.75) is 13.1 Å². The molecule has 24 heavy (non-hydrogen) atoms. The molecule has 5 heteroatoms. The van der Waals surface area contributed by atoms with Gasteiger partial charge in [0, 0.05) is 43.4 Å². The smallest absolute Gasteiger partial charge is 0.335 e. The van der Waals surface area contributed by atoms with Crippen LogP contribution in [0.15, 0.2) is 48.5 Å². The highest BCUT2D eigenvalue weighted by molar-refractivity contribution is 7.99. The fourth-order valence-electron chi connectivity index (χ4n) is 2.82. The lowest BCUT2D eigenvalue weighted by Crippen LogP contribution is -2.31.